The molecule has 0 radical (unpaired) electrons. The van der Waals surface area contributed by atoms with Gasteiger partial charge >= 0.3 is 0 Å². The highest BCUT2D eigenvalue weighted by atomic mass is 16.5. The molecule has 2 aromatic rings. The van der Waals surface area contributed by atoms with Crippen molar-refractivity contribution >= 4 is 5.82 Å². The minimum atomic E-state index is 0.441. The zero-order valence-electron chi connectivity index (χ0n) is 10.8. The first-order chi connectivity index (χ1) is 8.74. The van der Waals surface area contributed by atoms with Crippen LogP contribution in [0.15, 0.2) is 28.8 Å². The molecule has 1 aromatic heterocycles. The number of nitrogens with two attached hydrogens (primary N) is 1. The Morgan fingerprint density at radius 1 is 1.33 bits per heavy atom. The van der Waals surface area contributed by atoms with E-state index in [1.807, 2.05) is 38.1 Å². The van der Waals surface area contributed by atoms with E-state index in [2.05, 4.69) is 5.16 Å². The lowest BCUT2D eigenvalue weighted by atomic mass is 10.00. The van der Waals surface area contributed by atoms with Gasteiger partial charge in [0.25, 0.3) is 0 Å². The Balaban J connectivity index is 2.32. The number of nitrogen functional groups attached to an aromatic ring is 1. The van der Waals surface area contributed by atoms with E-state index in [-0.39, 0.29) is 0 Å². The van der Waals surface area contributed by atoms with Crippen LogP contribution >= 0.6 is 0 Å². The van der Waals surface area contributed by atoms with Gasteiger partial charge in [-0.25, -0.2) is 0 Å². The maximum Gasteiger partial charge on any atom is 0.175 e. The molecule has 18 heavy (non-hydrogen) atoms. The van der Waals surface area contributed by atoms with Gasteiger partial charge in [-0.3, -0.25) is 0 Å². The third-order valence-corrected chi connectivity index (χ3v) is 2.88. The maximum absolute atomic E-state index is 5.90. The monoisotopic (exact) mass is 246 g/mol. The van der Waals surface area contributed by atoms with Gasteiger partial charge in [-0.05, 0) is 25.0 Å². The molecular weight excluding hydrogens is 228 g/mol. The molecule has 0 bridgehead atoms. The second kappa shape index (κ2) is 5.69. The van der Waals surface area contributed by atoms with Crippen LogP contribution in [0.2, 0.25) is 0 Å². The highest BCUT2D eigenvalue weighted by molar-refractivity contribution is 5.77. The fourth-order valence-electron chi connectivity index (χ4n) is 1.96. The summed E-state index contributed by atoms with van der Waals surface area (Å²) in [5.41, 5.74) is 9.03. The number of anilines is 1. The van der Waals surface area contributed by atoms with Crippen LogP contribution < -0.4 is 5.73 Å². The van der Waals surface area contributed by atoms with Gasteiger partial charge in [0.2, 0.25) is 0 Å². The molecule has 4 nitrogen and oxygen atoms in total. The van der Waals surface area contributed by atoms with Gasteiger partial charge in [0.05, 0.1) is 12.2 Å². The van der Waals surface area contributed by atoms with Crippen LogP contribution in [0.1, 0.15) is 18.2 Å². The van der Waals surface area contributed by atoms with Crippen molar-refractivity contribution in [3.8, 4) is 11.1 Å². The molecular formula is C14H18N2O2. The van der Waals surface area contributed by atoms with E-state index < -0.39 is 0 Å². The van der Waals surface area contributed by atoms with Gasteiger partial charge in [-0.2, -0.15) is 0 Å². The minimum absolute atomic E-state index is 0.441. The fourth-order valence-corrected chi connectivity index (χ4v) is 1.96. The Bertz CT molecular complexity index is 520. The second-order valence-corrected chi connectivity index (χ2v) is 4.13. The number of aromatic nitrogens is 1. The standard InChI is InChI=1S/C14H18N2O2/c1-3-17-9-8-12-13(14(15)16-18-12)11-7-5-4-6-10(11)2/h4-7H,3,8-9H2,1-2H3,(H2,15,16). The molecule has 0 saturated carbocycles. The first-order valence-electron chi connectivity index (χ1n) is 6.11. The zero-order valence-corrected chi connectivity index (χ0v) is 10.8. The summed E-state index contributed by atoms with van der Waals surface area (Å²) in [5, 5.41) is 3.86. The van der Waals surface area contributed by atoms with Gasteiger partial charge < -0.3 is 15.0 Å². The van der Waals surface area contributed by atoms with Crippen molar-refractivity contribution in [2.45, 2.75) is 20.3 Å². The molecule has 1 aromatic carbocycles. The van der Waals surface area contributed by atoms with Gasteiger partial charge in [0.1, 0.15) is 5.76 Å². The van der Waals surface area contributed by atoms with Crippen LogP contribution in [0.5, 0.6) is 0 Å². The maximum atomic E-state index is 5.90. The summed E-state index contributed by atoms with van der Waals surface area (Å²) in [5.74, 6) is 1.23. The zero-order chi connectivity index (χ0) is 13.0. The molecule has 0 fully saturated rings. The lowest BCUT2D eigenvalue weighted by Crippen LogP contribution is -1.99. The Hall–Kier alpha value is -1.81. The summed E-state index contributed by atoms with van der Waals surface area (Å²) in [6, 6.07) is 8.07. The highest BCUT2D eigenvalue weighted by Crippen LogP contribution is 2.32. The van der Waals surface area contributed by atoms with E-state index in [1.165, 1.54) is 0 Å². The molecule has 0 atom stereocenters. The second-order valence-electron chi connectivity index (χ2n) is 4.13. The largest absolute Gasteiger partial charge is 0.381 e. The van der Waals surface area contributed by atoms with Crippen molar-refractivity contribution in [2.24, 2.45) is 0 Å². The third-order valence-electron chi connectivity index (χ3n) is 2.88. The number of nitrogens with zero attached hydrogens (tertiary/aromatic N) is 1. The van der Waals surface area contributed by atoms with Crippen LogP contribution in [-0.4, -0.2) is 18.4 Å². The Labute approximate surface area is 107 Å². The van der Waals surface area contributed by atoms with Gasteiger partial charge in [-0.1, -0.05) is 29.4 Å². The van der Waals surface area contributed by atoms with E-state index in [4.69, 9.17) is 15.0 Å². The van der Waals surface area contributed by atoms with E-state index in [1.54, 1.807) is 0 Å². The number of rotatable bonds is 5. The topological polar surface area (TPSA) is 61.3 Å². The van der Waals surface area contributed by atoms with Crippen LogP contribution in [0.4, 0.5) is 5.82 Å². The first-order valence-corrected chi connectivity index (χ1v) is 6.11. The summed E-state index contributed by atoms with van der Waals surface area (Å²) < 4.78 is 10.6. The van der Waals surface area contributed by atoms with Crippen molar-refractivity contribution in [1.82, 2.24) is 5.16 Å². The number of benzene rings is 1. The highest BCUT2D eigenvalue weighted by Gasteiger charge is 2.16. The fraction of sp³-hybridized carbons (Fsp3) is 0.357. The molecule has 4 heteroatoms. The summed E-state index contributed by atoms with van der Waals surface area (Å²) in [6.45, 7) is 5.33. The quantitative estimate of drug-likeness (QED) is 0.824. The summed E-state index contributed by atoms with van der Waals surface area (Å²) in [4.78, 5) is 0. The molecule has 0 spiro atoms. The SMILES string of the molecule is CCOCCc1onc(N)c1-c1ccccc1C. The van der Waals surface area contributed by atoms with Crippen LogP contribution in [0, 0.1) is 6.92 Å². The Morgan fingerprint density at radius 2 is 2.11 bits per heavy atom. The lowest BCUT2D eigenvalue weighted by molar-refractivity contribution is 0.145. The Morgan fingerprint density at radius 3 is 2.83 bits per heavy atom. The number of hydrogen-bond acceptors (Lipinski definition) is 4. The molecule has 0 unspecified atom stereocenters. The Kier molecular flexibility index (Phi) is 3.99. The van der Waals surface area contributed by atoms with E-state index in [9.17, 15) is 0 Å². The van der Waals surface area contributed by atoms with Crippen molar-refractivity contribution in [2.75, 3.05) is 18.9 Å². The average Bonchev–Trinajstić information content (AvgIpc) is 2.72. The molecule has 0 amide bonds. The minimum Gasteiger partial charge on any atom is -0.381 e. The van der Waals surface area contributed by atoms with Crippen molar-refractivity contribution in [3.05, 3.63) is 35.6 Å². The number of hydrogen-bond donors (Lipinski definition) is 1. The van der Waals surface area contributed by atoms with Crippen LogP contribution in [0.3, 0.4) is 0 Å². The van der Waals surface area contributed by atoms with Crippen molar-refractivity contribution < 1.29 is 9.26 Å². The first kappa shape index (κ1) is 12.6. The van der Waals surface area contributed by atoms with E-state index in [0.29, 0.717) is 25.5 Å². The molecule has 0 aliphatic carbocycles. The predicted octanol–water partition coefficient (Wildman–Crippen LogP) is 2.81. The number of aryl methyl sites for hydroxylation is 1. The smallest absolute Gasteiger partial charge is 0.175 e. The van der Waals surface area contributed by atoms with Gasteiger partial charge in [0, 0.05) is 13.0 Å². The average molecular weight is 246 g/mol. The van der Waals surface area contributed by atoms with Crippen molar-refractivity contribution in [3.63, 3.8) is 0 Å². The molecule has 0 saturated heterocycles. The van der Waals surface area contributed by atoms with E-state index in [0.717, 1.165) is 22.5 Å². The summed E-state index contributed by atoms with van der Waals surface area (Å²) >= 11 is 0. The summed E-state index contributed by atoms with van der Waals surface area (Å²) in [7, 11) is 0. The van der Waals surface area contributed by atoms with Gasteiger partial charge in [0.15, 0.2) is 5.82 Å². The normalized spacial score (nSPS) is 10.8. The lowest BCUT2D eigenvalue weighted by Gasteiger charge is -2.06. The molecule has 1 heterocycles. The van der Waals surface area contributed by atoms with Crippen LogP contribution in [-0.2, 0) is 11.2 Å². The molecule has 0 aliphatic rings. The molecule has 96 valence electrons. The third kappa shape index (κ3) is 2.54. The van der Waals surface area contributed by atoms with E-state index >= 15 is 0 Å². The molecule has 0 aliphatic heterocycles. The molecule has 2 rings (SSSR count). The van der Waals surface area contributed by atoms with Gasteiger partial charge in [-0.15, -0.1) is 0 Å². The number of ether oxygens (including phenoxy) is 1. The van der Waals surface area contributed by atoms with Crippen LogP contribution in [0.25, 0.3) is 11.1 Å². The predicted molar refractivity (Wildman–Crippen MR) is 71.3 cm³/mol. The van der Waals surface area contributed by atoms with Crippen molar-refractivity contribution in [1.29, 1.82) is 0 Å². The molecule has 2 N–H and O–H groups in total. The summed E-state index contributed by atoms with van der Waals surface area (Å²) in [6.07, 6.45) is 0.682.